The number of benzene rings is 2. The molecule has 0 radical (unpaired) electrons. The number of anilines is 1. The number of hydrogen-bond acceptors (Lipinski definition) is 5. The van der Waals surface area contributed by atoms with Gasteiger partial charge in [-0.3, -0.25) is 4.79 Å². The number of carbonyl (C=O) groups excluding carboxylic acids is 1. The average Bonchev–Trinajstić information content (AvgIpc) is 2.80. The molecule has 0 atom stereocenters. The summed E-state index contributed by atoms with van der Waals surface area (Å²) in [6.07, 6.45) is 2.02. The van der Waals surface area contributed by atoms with Crippen LogP contribution in [0.5, 0.6) is 0 Å². The third-order valence-corrected chi connectivity index (χ3v) is 6.51. The third-order valence-electron chi connectivity index (χ3n) is 6.51. The first kappa shape index (κ1) is 20.6. The number of hydrogen-bond donors (Lipinski definition) is 4. The minimum absolute atomic E-state index is 0.0841. The molecule has 5 N–H and O–H groups in total. The quantitative estimate of drug-likeness (QED) is 0.477. The molecule has 3 aromatic rings. The molecular weight excluding hydrogens is 407 g/mol. The fraction of sp³-hybridized carbons (Fsp3) is 0.280. The number of amides is 1. The Kier molecular flexibility index (Phi) is 5.15. The molecule has 1 saturated heterocycles. The number of nitrogens with two attached hydrogens (primary N) is 1. The summed E-state index contributed by atoms with van der Waals surface area (Å²) in [5.41, 5.74) is 10.1. The predicted octanol–water partition coefficient (Wildman–Crippen LogP) is 2.99. The Morgan fingerprint density at radius 2 is 1.66 bits per heavy atom. The van der Waals surface area contributed by atoms with Crippen molar-refractivity contribution >= 4 is 11.7 Å². The number of fused-ring (bicyclic) bond motifs is 1. The highest BCUT2D eigenvalue weighted by molar-refractivity contribution is 5.97. The van der Waals surface area contributed by atoms with Crippen molar-refractivity contribution in [2.24, 2.45) is 0 Å². The van der Waals surface area contributed by atoms with E-state index in [1.54, 1.807) is 12.1 Å². The van der Waals surface area contributed by atoms with Crippen LogP contribution < -0.4 is 16.4 Å². The lowest BCUT2D eigenvalue weighted by molar-refractivity contribution is 0.00595. The topological polar surface area (TPSA) is 100 Å². The van der Waals surface area contributed by atoms with Crippen LogP contribution in [0.2, 0.25) is 0 Å². The number of piperidine rings is 1. The molecule has 7 heteroatoms. The minimum Gasteiger partial charge on any atom is -0.385 e. The van der Waals surface area contributed by atoms with Gasteiger partial charge in [0.25, 0.3) is 5.91 Å². The summed E-state index contributed by atoms with van der Waals surface area (Å²) in [4.78, 5) is 16.0. The molecule has 2 aliphatic rings. The van der Waals surface area contributed by atoms with E-state index in [9.17, 15) is 14.3 Å². The Bertz CT molecular complexity index is 1190. The van der Waals surface area contributed by atoms with Gasteiger partial charge in [-0.2, -0.15) is 4.39 Å². The van der Waals surface area contributed by atoms with Crippen molar-refractivity contribution in [3.05, 3.63) is 71.2 Å². The van der Waals surface area contributed by atoms with E-state index in [4.69, 9.17) is 5.73 Å². The molecule has 3 heterocycles. The average molecular weight is 432 g/mol. The van der Waals surface area contributed by atoms with Crippen molar-refractivity contribution < 1.29 is 14.3 Å². The number of nitrogens with zero attached hydrogens (tertiary/aromatic N) is 1. The largest absolute Gasteiger partial charge is 0.385 e. The first-order valence-corrected chi connectivity index (χ1v) is 10.9. The summed E-state index contributed by atoms with van der Waals surface area (Å²) < 4.78 is 14.8. The summed E-state index contributed by atoms with van der Waals surface area (Å²) >= 11 is 0. The molecule has 0 unspecified atom stereocenters. The molecule has 2 aromatic carbocycles. The molecule has 164 valence electrons. The van der Waals surface area contributed by atoms with Gasteiger partial charge < -0.3 is 21.5 Å². The highest BCUT2D eigenvalue weighted by atomic mass is 19.1. The second kappa shape index (κ2) is 8.00. The first-order valence-electron chi connectivity index (χ1n) is 10.9. The van der Waals surface area contributed by atoms with Crippen LogP contribution in [0, 0.1) is 5.95 Å². The third kappa shape index (κ3) is 3.63. The molecule has 2 aliphatic heterocycles. The molecule has 1 fully saturated rings. The zero-order valence-corrected chi connectivity index (χ0v) is 17.6. The molecule has 0 saturated carbocycles. The second-order valence-electron chi connectivity index (χ2n) is 8.50. The van der Waals surface area contributed by atoms with E-state index < -0.39 is 11.5 Å². The van der Waals surface area contributed by atoms with Gasteiger partial charge in [0, 0.05) is 23.2 Å². The molecular formula is C25H25FN4O2. The Balaban J connectivity index is 1.51. The smallest absolute Gasteiger partial charge is 0.251 e. The molecule has 0 bridgehead atoms. The Labute approximate surface area is 185 Å². The standard InChI is InChI=1S/C25H25FN4O2/c26-22-20(15-1-4-18(5-2-15)25(32)8-11-28-12-9-25)14-21(23(27)30-22)16-3-6-19-17(13-16)7-10-29-24(19)31/h1-6,13-14,28,32H,7-12H2,(H2,27,30)(H,29,31). The summed E-state index contributed by atoms with van der Waals surface area (Å²) in [6, 6.07) is 14.6. The zero-order valence-electron chi connectivity index (χ0n) is 17.6. The van der Waals surface area contributed by atoms with Crippen LogP contribution in [0.3, 0.4) is 0 Å². The highest BCUT2D eigenvalue weighted by Gasteiger charge is 2.31. The maximum atomic E-state index is 14.8. The molecule has 0 spiro atoms. The lowest BCUT2D eigenvalue weighted by Gasteiger charge is -2.33. The van der Waals surface area contributed by atoms with E-state index in [-0.39, 0.29) is 11.7 Å². The van der Waals surface area contributed by atoms with Crippen molar-refractivity contribution in [1.82, 2.24) is 15.6 Å². The fourth-order valence-corrected chi connectivity index (χ4v) is 4.62. The van der Waals surface area contributed by atoms with Gasteiger partial charge in [0.1, 0.15) is 5.82 Å². The first-order chi connectivity index (χ1) is 15.4. The summed E-state index contributed by atoms with van der Waals surface area (Å²) in [6.45, 7) is 2.12. The van der Waals surface area contributed by atoms with Gasteiger partial charge in [-0.1, -0.05) is 36.4 Å². The lowest BCUT2D eigenvalue weighted by Crippen LogP contribution is -2.39. The van der Waals surface area contributed by atoms with E-state index in [0.717, 1.165) is 36.2 Å². The number of pyridine rings is 1. The van der Waals surface area contributed by atoms with Gasteiger partial charge in [0.05, 0.1) is 5.60 Å². The van der Waals surface area contributed by atoms with Crippen LogP contribution in [0.15, 0.2) is 48.5 Å². The monoisotopic (exact) mass is 432 g/mol. The number of nitrogens with one attached hydrogen (secondary N) is 2. The van der Waals surface area contributed by atoms with E-state index in [1.807, 2.05) is 36.4 Å². The maximum Gasteiger partial charge on any atom is 0.251 e. The number of nitrogen functional groups attached to an aromatic ring is 1. The van der Waals surface area contributed by atoms with E-state index in [2.05, 4.69) is 15.6 Å². The number of aliphatic hydroxyl groups is 1. The highest BCUT2D eigenvalue weighted by Crippen LogP contribution is 2.35. The van der Waals surface area contributed by atoms with Crippen LogP contribution in [0.25, 0.3) is 22.3 Å². The number of carbonyl (C=O) groups is 1. The molecule has 6 nitrogen and oxygen atoms in total. The summed E-state index contributed by atoms with van der Waals surface area (Å²) in [7, 11) is 0. The molecule has 32 heavy (non-hydrogen) atoms. The van der Waals surface area contributed by atoms with Gasteiger partial charge in [-0.25, -0.2) is 4.98 Å². The van der Waals surface area contributed by atoms with Crippen LogP contribution in [0.1, 0.15) is 34.3 Å². The van der Waals surface area contributed by atoms with Crippen LogP contribution in [-0.4, -0.2) is 35.6 Å². The van der Waals surface area contributed by atoms with Crippen molar-refractivity contribution in [3.8, 4) is 22.3 Å². The number of halogens is 1. The van der Waals surface area contributed by atoms with Crippen molar-refractivity contribution in [2.45, 2.75) is 24.9 Å². The van der Waals surface area contributed by atoms with E-state index in [1.165, 1.54) is 0 Å². The maximum absolute atomic E-state index is 14.8. The van der Waals surface area contributed by atoms with E-state index in [0.29, 0.717) is 41.6 Å². The van der Waals surface area contributed by atoms with Crippen LogP contribution in [0.4, 0.5) is 10.2 Å². The van der Waals surface area contributed by atoms with Gasteiger partial charge in [-0.15, -0.1) is 0 Å². The Morgan fingerprint density at radius 3 is 2.41 bits per heavy atom. The lowest BCUT2D eigenvalue weighted by atomic mass is 9.84. The van der Waals surface area contributed by atoms with Gasteiger partial charge in [0.15, 0.2) is 0 Å². The molecule has 5 rings (SSSR count). The summed E-state index contributed by atoms with van der Waals surface area (Å²) in [5, 5.41) is 17.0. The number of rotatable bonds is 3. The molecule has 0 aliphatic carbocycles. The summed E-state index contributed by atoms with van der Waals surface area (Å²) in [5.74, 6) is -0.622. The number of aromatic nitrogens is 1. The predicted molar refractivity (Wildman–Crippen MR) is 122 cm³/mol. The zero-order chi connectivity index (χ0) is 22.3. The molecule has 1 amide bonds. The second-order valence-corrected chi connectivity index (χ2v) is 8.50. The van der Waals surface area contributed by atoms with Gasteiger partial charge >= 0.3 is 0 Å². The van der Waals surface area contributed by atoms with Crippen molar-refractivity contribution in [2.75, 3.05) is 25.4 Å². The Morgan fingerprint density at radius 1 is 0.938 bits per heavy atom. The van der Waals surface area contributed by atoms with E-state index >= 15 is 0 Å². The minimum atomic E-state index is -0.859. The fourth-order valence-electron chi connectivity index (χ4n) is 4.62. The van der Waals surface area contributed by atoms with Gasteiger partial charge in [0.2, 0.25) is 5.95 Å². The molecule has 1 aromatic heterocycles. The van der Waals surface area contributed by atoms with Crippen LogP contribution in [-0.2, 0) is 12.0 Å². The Hall–Kier alpha value is -3.29. The van der Waals surface area contributed by atoms with Crippen LogP contribution >= 0.6 is 0 Å². The SMILES string of the molecule is Nc1nc(F)c(-c2ccc(C3(O)CCNCC3)cc2)cc1-c1ccc2c(c1)CCNC2=O. The van der Waals surface area contributed by atoms with Gasteiger partial charge in [-0.05, 0) is 66.7 Å². The van der Waals surface area contributed by atoms with Crippen molar-refractivity contribution in [3.63, 3.8) is 0 Å². The normalized spacial score (nSPS) is 17.5. The van der Waals surface area contributed by atoms with Crippen molar-refractivity contribution in [1.29, 1.82) is 0 Å².